The first kappa shape index (κ1) is 13.9. The molecule has 1 fully saturated rings. The molecule has 0 amide bonds. The molecule has 5 nitrogen and oxygen atoms in total. The number of sulfonamides is 1. The first-order valence-corrected chi connectivity index (χ1v) is 7.30. The molecule has 102 valence electrons. The van der Waals surface area contributed by atoms with Crippen LogP contribution in [0.1, 0.15) is 12.0 Å². The third-order valence-corrected chi connectivity index (χ3v) is 5.17. The van der Waals surface area contributed by atoms with Crippen molar-refractivity contribution in [1.29, 1.82) is 5.26 Å². The zero-order valence-corrected chi connectivity index (χ0v) is 11.2. The Labute approximate surface area is 111 Å². The summed E-state index contributed by atoms with van der Waals surface area (Å²) < 4.78 is 39.6. The Kier molecular flexibility index (Phi) is 3.85. The van der Waals surface area contributed by atoms with Crippen LogP contribution in [-0.2, 0) is 10.0 Å². The van der Waals surface area contributed by atoms with Gasteiger partial charge in [-0.25, -0.2) is 12.8 Å². The fourth-order valence-electron chi connectivity index (χ4n) is 2.15. The van der Waals surface area contributed by atoms with E-state index in [1.807, 2.05) is 0 Å². The van der Waals surface area contributed by atoms with Gasteiger partial charge >= 0.3 is 0 Å². The summed E-state index contributed by atoms with van der Waals surface area (Å²) in [5.41, 5.74) is -0.421. The number of likely N-dealkylation sites (N-methyl/N-ethyl adjacent to an activating group) is 1. The molecule has 1 unspecified atom stereocenters. The van der Waals surface area contributed by atoms with Gasteiger partial charge in [0.1, 0.15) is 22.3 Å². The Morgan fingerprint density at radius 1 is 1.53 bits per heavy atom. The minimum absolute atomic E-state index is 0.0915. The van der Waals surface area contributed by atoms with Crippen molar-refractivity contribution >= 4 is 10.0 Å². The van der Waals surface area contributed by atoms with Gasteiger partial charge in [-0.1, -0.05) is 6.07 Å². The summed E-state index contributed by atoms with van der Waals surface area (Å²) in [5.74, 6) is -0.812. The molecule has 0 aliphatic carbocycles. The molecule has 7 heteroatoms. The molecule has 1 aliphatic heterocycles. The molecule has 1 N–H and O–H groups in total. The molecule has 2 rings (SSSR count). The normalized spacial score (nSPS) is 20.4. The van der Waals surface area contributed by atoms with Gasteiger partial charge in [-0.05, 0) is 25.6 Å². The summed E-state index contributed by atoms with van der Waals surface area (Å²) in [6.07, 6.45) is 0.701. The predicted molar refractivity (Wildman–Crippen MR) is 67.3 cm³/mol. The first-order chi connectivity index (χ1) is 9.00. The largest absolute Gasteiger partial charge is 0.316 e. The van der Waals surface area contributed by atoms with Crippen molar-refractivity contribution in [2.45, 2.75) is 17.4 Å². The molecule has 1 aromatic rings. The molecule has 0 spiro atoms. The van der Waals surface area contributed by atoms with Crippen molar-refractivity contribution in [2.75, 3.05) is 20.1 Å². The lowest BCUT2D eigenvalue weighted by molar-refractivity contribution is 0.463. The lowest BCUT2D eigenvalue weighted by Gasteiger charge is -2.17. The Hall–Kier alpha value is -1.49. The van der Waals surface area contributed by atoms with Crippen molar-refractivity contribution in [3.05, 3.63) is 29.6 Å². The summed E-state index contributed by atoms with van der Waals surface area (Å²) in [6, 6.07) is 5.36. The highest BCUT2D eigenvalue weighted by atomic mass is 32.2. The number of benzene rings is 1. The third kappa shape index (κ3) is 2.47. The average molecular weight is 283 g/mol. The number of rotatable bonds is 3. The van der Waals surface area contributed by atoms with E-state index in [0.717, 1.165) is 6.07 Å². The molecule has 19 heavy (non-hydrogen) atoms. The van der Waals surface area contributed by atoms with Gasteiger partial charge in [-0.15, -0.1) is 0 Å². The minimum Gasteiger partial charge on any atom is -0.316 e. The fraction of sp³-hybridized carbons (Fsp3) is 0.417. The Morgan fingerprint density at radius 2 is 2.26 bits per heavy atom. The second-order valence-electron chi connectivity index (χ2n) is 4.36. The molecular formula is C12H14FN3O2S. The van der Waals surface area contributed by atoms with E-state index in [9.17, 15) is 12.8 Å². The highest BCUT2D eigenvalue weighted by Crippen LogP contribution is 2.25. The summed E-state index contributed by atoms with van der Waals surface area (Å²) in [5, 5.41) is 11.9. The van der Waals surface area contributed by atoms with Crippen LogP contribution in [0.15, 0.2) is 23.1 Å². The van der Waals surface area contributed by atoms with Crippen molar-refractivity contribution in [3.63, 3.8) is 0 Å². The molecular weight excluding hydrogens is 269 g/mol. The van der Waals surface area contributed by atoms with Gasteiger partial charge in [0.25, 0.3) is 0 Å². The van der Waals surface area contributed by atoms with Crippen LogP contribution in [-0.4, -0.2) is 38.9 Å². The van der Waals surface area contributed by atoms with E-state index in [2.05, 4.69) is 5.32 Å². The van der Waals surface area contributed by atoms with E-state index in [0.29, 0.717) is 19.5 Å². The highest BCUT2D eigenvalue weighted by molar-refractivity contribution is 7.89. The van der Waals surface area contributed by atoms with Gasteiger partial charge in [0.15, 0.2) is 0 Å². The smallest absolute Gasteiger partial charge is 0.244 e. The number of hydrogen-bond acceptors (Lipinski definition) is 4. The van der Waals surface area contributed by atoms with Crippen LogP contribution < -0.4 is 5.32 Å². The van der Waals surface area contributed by atoms with E-state index < -0.39 is 21.4 Å². The molecule has 0 saturated carbocycles. The van der Waals surface area contributed by atoms with Crippen LogP contribution in [0.5, 0.6) is 0 Å². The lowest BCUT2D eigenvalue weighted by atomic mass is 10.2. The summed E-state index contributed by atoms with van der Waals surface area (Å²) in [6.45, 7) is 0.704. The number of nitrogens with one attached hydrogen (secondary N) is 1. The predicted octanol–water partition coefficient (Wildman–Crippen LogP) is 0.680. The zero-order valence-electron chi connectivity index (χ0n) is 10.4. The topological polar surface area (TPSA) is 73.2 Å². The van der Waals surface area contributed by atoms with Crippen LogP contribution >= 0.6 is 0 Å². The average Bonchev–Trinajstić information content (AvgIpc) is 2.87. The monoisotopic (exact) mass is 283 g/mol. The quantitative estimate of drug-likeness (QED) is 0.885. The van der Waals surface area contributed by atoms with Gasteiger partial charge < -0.3 is 5.32 Å². The van der Waals surface area contributed by atoms with Crippen LogP contribution in [0.2, 0.25) is 0 Å². The summed E-state index contributed by atoms with van der Waals surface area (Å²) in [4.78, 5) is -0.258. The summed E-state index contributed by atoms with van der Waals surface area (Å²) in [7, 11) is -2.05. The highest BCUT2D eigenvalue weighted by Gasteiger charge is 2.33. The maximum Gasteiger partial charge on any atom is 0.244 e. The van der Waals surface area contributed by atoms with Crippen molar-refractivity contribution in [2.24, 2.45) is 0 Å². The molecule has 0 radical (unpaired) electrons. The van der Waals surface area contributed by atoms with E-state index in [1.54, 1.807) is 13.1 Å². The molecule has 0 bridgehead atoms. The minimum atomic E-state index is -3.82. The third-order valence-electron chi connectivity index (χ3n) is 3.26. The Bertz CT molecular complexity index is 624. The lowest BCUT2D eigenvalue weighted by Crippen LogP contribution is -2.33. The van der Waals surface area contributed by atoms with E-state index in [1.165, 1.54) is 16.4 Å². The number of nitriles is 1. The van der Waals surface area contributed by atoms with Crippen LogP contribution in [0.3, 0.4) is 0 Å². The number of halogens is 1. The van der Waals surface area contributed by atoms with Crippen molar-refractivity contribution < 1.29 is 12.8 Å². The van der Waals surface area contributed by atoms with E-state index in [4.69, 9.17) is 5.26 Å². The van der Waals surface area contributed by atoms with Crippen LogP contribution in [0.4, 0.5) is 4.39 Å². The SMILES string of the molecule is CNC1CCN(S(=O)(=O)c2cccc(F)c2C#N)C1. The standard InChI is InChI=1S/C12H14FN3O2S/c1-15-9-5-6-16(8-9)19(17,18)12-4-2-3-11(13)10(12)7-14/h2-4,9,15H,5-6,8H2,1H3. The molecule has 1 saturated heterocycles. The zero-order chi connectivity index (χ0) is 14.0. The van der Waals surface area contributed by atoms with Crippen LogP contribution in [0, 0.1) is 17.1 Å². The maximum atomic E-state index is 13.5. The van der Waals surface area contributed by atoms with Crippen molar-refractivity contribution in [1.82, 2.24) is 9.62 Å². The summed E-state index contributed by atoms with van der Waals surface area (Å²) >= 11 is 0. The molecule has 1 aromatic carbocycles. The number of nitrogens with zero attached hydrogens (tertiary/aromatic N) is 2. The van der Waals surface area contributed by atoms with Gasteiger partial charge in [-0.3, -0.25) is 0 Å². The van der Waals surface area contributed by atoms with E-state index in [-0.39, 0.29) is 10.9 Å². The maximum absolute atomic E-state index is 13.5. The first-order valence-electron chi connectivity index (χ1n) is 5.86. The molecule has 0 aromatic heterocycles. The fourth-order valence-corrected chi connectivity index (χ4v) is 3.80. The Morgan fingerprint density at radius 3 is 2.84 bits per heavy atom. The van der Waals surface area contributed by atoms with Crippen molar-refractivity contribution in [3.8, 4) is 6.07 Å². The van der Waals surface area contributed by atoms with Gasteiger partial charge in [0.2, 0.25) is 10.0 Å². The number of hydrogen-bond donors (Lipinski definition) is 1. The van der Waals surface area contributed by atoms with Gasteiger partial charge in [0, 0.05) is 19.1 Å². The van der Waals surface area contributed by atoms with E-state index >= 15 is 0 Å². The second kappa shape index (κ2) is 5.25. The molecule has 1 aliphatic rings. The van der Waals surface area contributed by atoms with Gasteiger partial charge in [-0.2, -0.15) is 9.57 Å². The van der Waals surface area contributed by atoms with Crippen LogP contribution in [0.25, 0.3) is 0 Å². The molecule has 1 heterocycles. The Balaban J connectivity index is 2.42. The second-order valence-corrected chi connectivity index (χ2v) is 6.27. The van der Waals surface area contributed by atoms with Gasteiger partial charge in [0.05, 0.1) is 0 Å². The molecule has 1 atom stereocenters.